The van der Waals surface area contributed by atoms with Crippen molar-refractivity contribution in [1.29, 1.82) is 0 Å². The van der Waals surface area contributed by atoms with E-state index in [1.165, 1.54) is 0 Å². The minimum absolute atomic E-state index is 0.103. The molecule has 1 aromatic carbocycles. The van der Waals surface area contributed by atoms with Crippen LogP contribution in [0, 0.1) is 10.1 Å². The third-order valence-corrected chi connectivity index (χ3v) is 3.55. The Morgan fingerprint density at radius 3 is 2.57 bits per heavy atom. The number of hydrogen-bond donors (Lipinski definition) is 1. The van der Waals surface area contributed by atoms with E-state index in [1.54, 1.807) is 13.8 Å². The summed E-state index contributed by atoms with van der Waals surface area (Å²) in [6.07, 6.45) is 0. The third-order valence-electron chi connectivity index (χ3n) is 2.21. The normalized spacial score (nSPS) is 11.2. The van der Waals surface area contributed by atoms with Gasteiger partial charge in [0.1, 0.15) is 10.6 Å². The fourth-order valence-electron chi connectivity index (χ4n) is 1.43. The van der Waals surface area contributed by atoms with Crippen LogP contribution in [0.25, 0.3) is 0 Å². The minimum atomic E-state index is -4.25. The molecule has 0 fully saturated rings. The van der Waals surface area contributed by atoms with Gasteiger partial charge in [0, 0.05) is 28.9 Å². The number of benzene rings is 1. The van der Waals surface area contributed by atoms with E-state index in [0.29, 0.717) is 0 Å². The molecule has 0 aliphatic heterocycles. The number of carbonyl (C=O) groups excluding carboxylic acids is 1. The Balaban J connectivity index is 3.02. The molecule has 8 nitrogen and oxygen atoms in total. The molecule has 0 radical (unpaired) electrons. The van der Waals surface area contributed by atoms with Crippen LogP contribution in [0.1, 0.15) is 13.8 Å². The monoisotopic (exact) mass is 336 g/mol. The third kappa shape index (κ3) is 5.20. The van der Waals surface area contributed by atoms with Crippen molar-refractivity contribution in [2.24, 2.45) is 0 Å². The number of ether oxygens (including phenoxy) is 1. The number of hydrogen-bond acceptors (Lipinski definition) is 6. The van der Waals surface area contributed by atoms with Gasteiger partial charge in [-0.2, -0.15) is 0 Å². The average molecular weight is 337 g/mol. The predicted molar refractivity (Wildman–Crippen MR) is 74.9 cm³/mol. The van der Waals surface area contributed by atoms with Gasteiger partial charge in [-0.25, -0.2) is 8.42 Å². The van der Waals surface area contributed by atoms with Gasteiger partial charge in [0.15, 0.2) is 6.61 Å². The van der Waals surface area contributed by atoms with Crippen LogP contribution < -0.4 is 10.1 Å². The lowest BCUT2D eigenvalue weighted by molar-refractivity contribution is -0.385. The Labute approximate surface area is 125 Å². The second kappa shape index (κ2) is 6.72. The van der Waals surface area contributed by atoms with Crippen LogP contribution in [0.3, 0.4) is 0 Å². The molecule has 0 saturated carbocycles. The summed E-state index contributed by atoms with van der Waals surface area (Å²) in [6.45, 7) is 3.06. The standard InChI is InChI=1S/C11H13ClN2O6S/c1-7(2)13-11(15)6-20-9-4-3-8(14(16)17)5-10(9)21(12,18)19/h3-5,7H,6H2,1-2H3,(H,13,15). The van der Waals surface area contributed by atoms with Gasteiger partial charge < -0.3 is 10.1 Å². The van der Waals surface area contributed by atoms with Crippen LogP contribution in [-0.4, -0.2) is 31.9 Å². The molecule has 0 spiro atoms. The largest absolute Gasteiger partial charge is 0.482 e. The molecule has 116 valence electrons. The quantitative estimate of drug-likeness (QED) is 0.477. The molecule has 0 saturated heterocycles. The number of nitro groups is 1. The highest BCUT2D eigenvalue weighted by Gasteiger charge is 2.22. The molecule has 0 aliphatic carbocycles. The summed E-state index contributed by atoms with van der Waals surface area (Å²) in [5.41, 5.74) is -0.451. The minimum Gasteiger partial charge on any atom is -0.482 e. The summed E-state index contributed by atoms with van der Waals surface area (Å²) in [6, 6.07) is 2.81. The van der Waals surface area contributed by atoms with Gasteiger partial charge in [-0.1, -0.05) is 0 Å². The number of nitro benzene ring substituents is 1. The van der Waals surface area contributed by atoms with E-state index in [9.17, 15) is 23.3 Å². The maximum atomic E-state index is 11.4. The summed E-state index contributed by atoms with van der Waals surface area (Å²) in [5.74, 6) is -0.684. The van der Waals surface area contributed by atoms with Crippen molar-refractivity contribution < 1.29 is 22.9 Å². The lowest BCUT2D eigenvalue weighted by atomic mass is 10.3. The maximum Gasteiger partial charge on any atom is 0.271 e. The summed E-state index contributed by atoms with van der Waals surface area (Å²) >= 11 is 0. The van der Waals surface area contributed by atoms with E-state index in [2.05, 4.69) is 5.32 Å². The highest BCUT2D eigenvalue weighted by molar-refractivity contribution is 8.13. The molecule has 0 aliphatic rings. The van der Waals surface area contributed by atoms with Gasteiger partial charge >= 0.3 is 0 Å². The van der Waals surface area contributed by atoms with Gasteiger partial charge in [-0.15, -0.1) is 0 Å². The first-order valence-electron chi connectivity index (χ1n) is 5.76. The van der Waals surface area contributed by atoms with Gasteiger partial charge in [0.05, 0.1) is 4.92 Å². The molecular formula is C11H13ClN2O6S. The van der Waals surface area contributed by atoms with Crippen LogP contribution in [0.5, 0.6) is 5.75 Å². The van der Waals surface area contributed by atoms with E-state index in [4.69, 9.17) is 15.4 Å². The van der Waals surface area contributed by atoms with Gasteiger partial charge in [0.25, 0.3) is 20.6 Å². The smallest absolute Gasteiger partial charge is 0.271 e. The van der Waals surface area contributed by atoms with Crippen LogP contribution in [0.4, 0.5) is 5.69 Å². The topological polar surface area (TPSA) is 116 Å². The average Bonchev–Trinajstić information content (AvgIpc) is 2.34. The number of amides is 1. The number of non-ortho nitro benzene ring substituents is 1. The zero-order valence-corrected chi connectivity index (χ0v) is 12.8. The first kappa shape index (κ1) is 17.2. The van der Waals surface area contributed by atoms with Crippen molar-refractivity contribution in [3.63, 3.8) is 0 Å². The zero-order chi connectivity index (χ0) is 16.2. The Hall–Kier alpha value is -1.87. The molecule has 0 atom stereocenters. The molecule has 1 rings (SSSR count). The van der Waals surface area contributed by atoms with E-state index in [0.717, 1.165) is 18.2 Å². The van der Waals surface area contributed by atoms with Crippen LogP contribution in [-0.2, 0) is 13.8 Å². The van der Waals surface area contributed by atoms with Crippen LogP contribution >= 0.6 is 10.7 Å². The molecular weight excluding hydrogens is 324 g/mol. The number of nitrogens with one attached hydrogen (secondary N) is 1. The van der Waals surface area contributed by atoms with Crippen LogP contribution in [0.2, 0.25) is 0 Å². The molecule has 1 N–H and O–H groups in total. The summed E-state index contributed by atoms with van der Waals surface area (Å²) < 4.78 is 27.9. The SMILES string of the molecule is CC(C)NC(=O)COc1ccc([N+](=O)[O-])cc1S(=O)(=O)Cl. The summed E-state index contributed by atoms with van der Waals surface area (Å²) in [4.78, 5) is 20.8. The van der Waals surface area contributed by atoms with Gasteiger partial charge in [-0.05, 0) is 19.9 Å². The number of nitrogens with zero attached hydrogens (tertiary/aromatic N) is 1. The second-order valence-corrected chi connectivity index (χ2v) is 6.87. The van der Waals surface area contributed by atoms with E-state index >= 15 is 0 Å². The maximum absolute atomic E-state index is 11.4. The molecule has 21 heavy (non-hydrogen) atoms. The molecule has 1 amide bonds. The van der Waals surface area contributed by atoms with Crippen molar-refractivity contribution >= 4 is 31.3 Å². The van der Waals surface area contributed by atoms with Crippen molar-refractivity contribution in [3.05, 3.63) is 28.3 Å². The first-order chi connectivity index (χ1) is 9.61. The predicted octanol–water partition coefficient (Wildman–Crippen LogP) is 1.43. The molecule has 0 heterocycles. The van der Waals surface area contributed by atoms with Crippen molar-refractivity contribution in [2.45, 2.75) is 24.8 Å². The van der Waals surface area contributed by atoms with E-state index < -0.39 is 37.1 Å². The summed E-state index contributed by atoms with van der Waals surface area (Å²) in [5, 5.41) is 13.2. The van der Waals surface area contributed by atoms with Crippen molar-refractivity contribution in [3.8, 4) is 5.75 Å². The molecule has 10 heteroatoms. The number of rotatable bonds is 6. The highest BCUT2D eigenvalue weighted by atomic mass is 35.7. The van der Waals surface area contributed by atoms with Gasteiger partial charge in [0.2, 0.25) is 0 Å². The number of halogens is 1. The van der Waals surface area contributed by atoms with Gasteiger partial charge in [-0.3, -0.25) is 14.9 Å². The molecule has 0 unspecified atom stereocenters. The lowest BCUT2D eigenvalue weighted by Crippen LogP contribution is -2.34. The molecule has 1 aromatic rings. The van der Waals surface area contributed by atoms with Crippen molar-refractivity contribution in [1.82, 2.24) is 5.32 Å². The van der Waals surface area contributed by atoms with E-state index in [-0.39, 0.29) is 11.8 Å². The van der Waals surface area contributed by atoms with E-state index in [1.807, 2.05) is 0 Å². The lowest BCUT2D eigenvalue weighted by Gasteiger charge is -2.11. The highest BCUT2D eigenvalue weighted by Crippen LogP contribution is 2.30. The molecule has 0 bridgehead atoms. The molecule has 0 aromatic heterocycles. The fraction of sp³-hybridized carbons (Fsp3) is 0.364. The zero-order valence-electron chi connectivity index (χ0n) is 11.2. The van der Waals surface area contributed by atoms with Crippen LogP contribution in [0.15, 0.2) is 23.1 Å². The summed E-state index contributed by atoms with van der Waals surface area (Å²) in [7, 11) is 0.960. The Kier molecular flexibility index (Phi) is 5.50. The van der Waals surface area contributed by atoms with Crippen molar-refractivity contribution in [2.75, 3.05) is 6.61 Å². The fourth-order valence-corrected chi connectivity index (χ4v) is 2.42. The number of carbonyl (C=O) groups is 1. The first-order valence-corrected chi connectivity index (χ1v) is 8.07. The Morgan fingerprint density at radius 1 is 1.48 bits per heavy atom. The Morgan fingerprint density at radius 2 is 2.10 bits per heavy atom. The Bertz CT molecular complexity index is 659. The second-order valence-electron chi connectivity index (χ2n) is 4.34.